The number of hydrogen-bond donors (Lipinski definition) is 1. The molecule has 0 aliphatic carbocycles. The second kappa shape index (κ2) is 6.39. The van der Waals surface area contributed by atoms with Crippen molar-refractivity contribution in [1.82, 2.24) is 5.32 Å². The molecule has 2 amide bonds. The van der Waals surface area contributed by atoms with E-state index in [1.165, 1.54) is 7.11 Å². The molecule has 112 valence electrons. The molecule has 2 rings (SSSR count). The van der Waals surface area contributed by atoms with Crippen LogP contribution >= 0.6 is 0 Å². The first-order chi connectivity index (χ1) is 10.0. The number of carbonyl (C=O) groups is 3. The van der Waals surface area contributed by atoms with Gasteiger partial charge in [-0.3, -0.25) is 14.4 Å². The van der Waals surface area contributed by atoms with E-state index in [1.807, 2.05) is 31.2 Å². The molecule has 0 bridgehead atoms. The molecular formula is C15H18N2O4. The van der Waals surface area contributed by atoms with E-state index in [4.69, 9.17) is 0 Å². The third-order valence-electron chi connectivity index (χ3n) is 3.48. The number of benzene rings is 1. The summed E-state index contributed by atoms with van der Waals surface area (Å²) in [6.07, 6.45) is 0.154. The molecule has 0 saturated carbocycles. The molecule has 1 fully saturated rings. The lowest BCUT2D eigenvalue weighted by atomic mass is 10.1. The van der Waals surface area contributed by atoms with Crippen molar-refractivity contribution in [3.05, 3.63) is 29.8 Å². The van der Waals surface area contributed by atoms with Gasteiger partial charge in [0.25, 0.3) is 0 Å². The lowest BCUT2D eigenvalue weighted by Crippen LogP contribution is -2.36. The number of nitrogens with zero attached hydrogens (tertiary/aromatic N) is 1. The van der Waals surface area contributed by atoms with Crippen molar-refractivity contribution in [2.45, 2.75) is 13.3 Å². The highest BCUT2D eigenvalue weighted by Crippen LogP contribution is 2.25. The number of methoxy groups -OCH3 is 1. The zero-order valence-corrected chi connectivity index (χ0v) is 12.1. The van der Waals surface area contributed by atoms with Gasteiger partial charge >= 0.3 is 5.97 Å². The first-order valence-corrected chi connectivity index (χ1v) is 6.73. The Balaban J connectivity index is 1.97. The molecule has 1 aliphatic rings. The maximum Gasteiger partial charge on any atom is 0.325 e. The minimum Gasteiger partial charge on any atom is -0.468 e. The quantitative estimate of drug-likeness (QED) is 0.826. The monoisotopic (exact) mass is 290 g/mol. The van der Waals surface area contributed by atoms with Gasteiger partial charge in [0.1, 0.15) is 6.54 Å². The molecule has 0 spiro atoms. The van der Waals surface area contributed by atoms with Crippen LogP contribution in [-0.2, 0) is 19.1 Å². The number of nitrogens with one attached hydrogen (secondary N) is 1. The predicted molar refractivity (Wildman–Crippen MR) is 76.7 cm³/mol. The van der Waals surface area contributed by atoms with Crippen molar-refractivity contribution < 1.29 is 19.1 Å². The second-order valence-electron chi connectivity index (χ2n) is 5.03. The Hall–Kier alpha value is -2.37. The molecule has 21 heavy (non-hydrogen) atoms. The summed E-state index contributed by atoms with van der Waals surface area (Å²) in [5.41, 5.74) is 1.90. The summed E-state index contributed by atoms with van der Waals surface area (Å²) in [4.78, 5) is 36.6. The van der Waals surface area contributed by atoms with Gasteiger partial charge in [-0.15, -0.1) is 0 Å². The van der Waals surface area contributed by atoms with Gasteiger partial charge in [-0.1, -0.05) is 17.7 Å². The minimum absolute atomic E-state index is 0.0860. The fraction of sp³-hybridized carbons (Fsp3) is 0.400. The zero-order chi connectivity index (χ0) is 15.4. The molecule has 0 unspecified atom stereocenters. The van der Waals surface area contributed by atoms with Gasteiger partial charge in [0.2, 0.25) is 11.8 Å². The zero-order valence-electron chi connectivity index (χ0n) is 12.1. The van der Waals surface area contributed by atoms with Crippen LogP contribution in [0.5, 0.6) is 0 Å². The predicted octanol–water partition coefficient (Wildman–Crippen LogP) is 0.637. The molecule has 6 nitrogen and oxygen atoms in total. The standard InChI is InChI=1S/C15H18N2O4/c1-10-3-5-12(6-4-10)17-9-11(7-13(17)18)15(20)16-8-14(19)21-2/h3-6,11H,7-9H2,1-2H3,(H,16,20)/t11-/m0/s1. The van der Waals surface area contributed by atoms with Crippen LogP contribution < -0.4 is 10.2 Å². The highest BCUT2D eigenvalue weighted by atomic mass is 16.5. The van der Waals surface area contributed by atoms with E-state index in [0.29, 0.717) is 6.54 Å². The summed E-state index contributed by atoms with van der Waals surface area (Å²) in [5, 5.41) is 2.48. The van der Waals surface area contributed by atoms with Crippen LogP contribution in [0.3, 0.4) is 0 Å². The summed E-state index contributed by atoms with van der Waals surface area (Å²) in [6.45, 7) is 2.12. The van der Waals surface area contributed by atoms with E-state index in [0.717, 1.165) is 11.3 Å². The minimum atomic E-state index is -0.511. The summed E-state index contributed by atoms with van der Waals surface area (Å²) in [6, 6.07) is 7.57. The average molecular weight is 290 g/mol. The number of carbonyl (C=O) groups excluding carboxylic acids is 3. The molecule has 0 aromatic heterocycles. The van der Waals surface area contributed by atoms with Crippen LogP contribution in [0.25, 0.3) is 0 Å². The summed E-state index contributed by atoms with van der Waals surface area (Å²) < 4.78 is 4.46. The lowest BCUT2D eigenvalue weighted by Gasteiger charge is -2.16. The first kappa shape index (κ1) is 15.0. The Bertz CT molecular complexity index is 553. The third-order valence-corrected chi connectivity index (χ3v) is 3.48. The fourth-order valence-corrected chi connectivity index (χ4v) is 2.23. The van der Waals surface area contributed by atoms with Crippen LogP contribution in [0.4, 0.5) is 5.69 Å². The molecule has 1 saturated heterocycles. The number of aryl methyl sites for hydroxylation is 1. The molecule has 6 heteroatoms. The van der Waals surface area contributed by atoms with E-state index in [9.17, 15) is 14.4 Å². The van der Waals surface area contributed by atoms with Crippen LogP contribution in [-0.4, -0.2) is 38.0 Å². The number of esters is 1. The normalized spacial score (nSPS) is 17.7. The summed E-state index contributed by atoms with van der Waals surface area (Å²) in [5.74, 6) is -1.34. The maximum absolute atomic E-state index is 12.0. The lowest BCUT2D eigenvalue weighted by molar-refractivity contribution is -0.141. The van der Waals surface area contributed by atoms with Gasteiger partial charge in [-0.2, -0.15) is 0 Å². The average Bonchev–Trinajstić information content (AvgIpc) is 2.87. The van der Waals surface area contributed by atoms with Crippen LogP contribution in [0, 0.1) is 12.8 Å². The SMILES string of the molecule is COC(=O)CNC(=O)[C@H]1CC(=O)N(c2ccc(C)cc2)C1. The van der Waals surface area contributed by atoms with Crippen molar-refractivity contribution in [2.24, 2.45) is 5.92 Å². The van der Waals surface area contributed by atoms with Crippen molar-refractivity contribution in [3.63, 3.8) is 0 Å². The molecule has 1 heterocycles. The van der Waals surface area contributed by atoms with Gasteiger partial charge in [-0.05, 0) is 19.1 Å². The van der Waals surface area contributed by atoms with Crippen LogP contribution in [0.2, 0.25) is 0 Å². The van der Waals surface area contributed by atoms with E-state index >= 15 is 0 Å². The Morgan fingerprint density at radius 1 is 1.33 bits per heavy atom. The molecule has 1 aliphatic heterocycles. The summed E-state index contributed by atoms with van der Waals surface area (Å²) in [7, 11) is 1.26. The molecule has 0 radical (unpaired) electrons. The highest BCUT2D eigenvalue weighted by Gasteiger charge is 2.35. The Morgan fingerprint density at radius 2 is 2.00 bits per heavy atom. The van der Waals surface area contributed by atoms with Gasteiger partial charge < -0.3 is 15.0 Å². The maximum atomic E-state index is 12.0. The Morgan fingerprint density at radius 3 is 2.62 bits per heavy atom. The van der Waals surface area contributed by atoms with E-state index < -0.39 is 11.9 Å². The number of rotatable bonds is 4. The van der Waals surface area contributed by atoms with Gasteiger partial charge in [0.15, 0.2) is 0 Å². The molecule has 1 aromatic carbocycles. The van der Waals surface area contributed by atoms with Crippen LogP contribution in [0.1, 0.15) is 12.0 Å². The number of amides is 2. The van der Waals surface area contributed by atoms with Crippen molar-refractivity contribution in [2.75, 3.05) is 25.1 Å². The first-order valence-electron chi connectivity index (χ1n) is 6.73. The van der Waals surface area contributed by atoms with Gasteiger partial charge in [0.05, 0.1) is 13.0 Å². The Labute approximate surface area is 123 Å². The molecule has 1 N–H and O–H groups in total. The van der Waals surface area contributed by atoms with E-state index in [-0.39, 0.29) is 24.8 Å². The van der Waals surface area contributed by atoms with Crippen LogP contribution in [0.15, 0.2) is 24.3 Å². The topological polar surface area (TPSA) is 75.7 Å². The van der Waals surface area contributed by atoms with E-state index in [2.05, 4.69) is 10.1 Å². The van der Waals surface area contributed by atoms with Crippen molar-refractivity contribution in [3.8, 4) is 0 Å². The number of ether oxygens (including phenoxy) is 1. The third kappa shape index (κ3) is 3.59. The highest BCUT2D eigenvalue weighted by molar-refractivity contribution is 6.00. The smallest absolute Gasteiger partial charge is 0.325 e. The second-order valence-corrected chi connectivity index (χ2v) is 5.03. The fourth-order valence-electron chi connectivity index (χ4n) is 2.23. The Kier molecular flexibility index (Phi) is 4.57. The van der Waals surface area contributed by atoms with E-state index in [1.54, 1.807) is 4.90 Å². The number of anilines is 1. The number of hydrogen-bond acceptors (Lipinski definition) is 4. The molecular weight excluding hydrogens is 272 g/mol. The molecule has 1 aromatic rings. The van der Waals surface area contributed by atoms with Gasteiger partial charge in [-0.25, -0.2) is 0 Å². The largest absolute Gasteiger partial charge is 0.468 e. The van der Waals surface area contributed by atoms with Crippen molar-refractivity contribution >= 4 is 23.5 Å². The summed E-state index contributed by atoms with van der Waals surface area (Å²) >= 11 is 0. The van der Waals surface area contributed by atoms with Crippen molar-refractivity contribution in [1.29, 1.82) is 0 Å². The molecule has 1 atom stereocenters. The van der Waals surface area contributed by atoms with Gasteiger partial charge in [0, 0.05) is 18.7 Å².